The minimum Gasteiger partial charge on any atom is -0.457 e. The summed E-state index contributed by atoms with van der Waals surface area (Å²) < 4.78 is 15.5. The molecule has 0 radical (unpaired) electrons. The third-order valence-corrected chi connectivity index (χ3v) is 2.47. The van der Waals surface area contributed by atoms with Gasteiger partial charge in [0.15, 0.2) is 0 Å². The first-order valence-electron chi connectivity index (χ1n) is 6.38. The van der Waals surface area contributed by atoms with Crippen LogP contribution >= 0.6 is 0 Å². The second-order valence-electron chi connectivity index (χ2n) is 3.95. The van der Waals surface area contributed by atoms with Crippen molar-refractivity contribution in [2.45, 2.75) is 0 Å². The van der Waals surface area contributed by atoms with E-state index in [1.54, 1.807) is 0 Å². The molecule has 2 aromatic carbocycles. The largest absolute Gasteiger partial charge is 0.457 e. The Kier molecular flexibility index (Phi) is 5.93. The van der Waals surface area contributed by atoms with E-state index in [0.29, 0.717) is 0 Å². The van der Waals surface area contributed by atoms with Gasteiger partial charge in [0, 0.05) is 0 Å². The molecule has 100 valence electrons. The lowest BCUT2D eigenvalue weighted by atomic mass is 10.3. The second-order valence-corrected chi connectivity index (χ2v) is 3.95. The van der Waals surface area contributed by atoms with E-state index >= 15 is 0 Å². The SMILES string of the molecule is C1COCCO1.c1ccc(Oc2ccccc2)cc1. The van der Waals surface area contributed by atoms with E-state index in [-0.39, 0.29) is 0 Å². The molecule has 0 saturated carbocycles. The smallest absolute Gasteiger partial charge is 0.127 e. The zero-order chi connectivity index (χ0) is 13.2. The molecule has 0 aliphatic carbocycles. The van der Waals surface area contributed by atoms with Crippen LogP contribution in [-0.4, -0.2) is 26.4 Å². The molecule has 0 bridgehead atoms. The third-order valence-electron chi connectivity index (χ3n) is 2.47. The summed E-state index contributed by atoms with van der Waals surface area (Å²) in [6, 6.07) is 19.5. The van der Waals surface area contributed by atoms with Gasteiger partial charge in [0.1, 0.15) is 11.5 Å². The van der Waals surface area contributed by atoms with Crippen LogP contribution in [0.25, 0.3) is 0 Å². The molecule has 0 aromatic heterocycles. The Labute approximate surface area is 113 Å². The highest BCUT2D eigenvalue weighted by molar-refractivity contribution is 5.30. The topological polar surface area (TPSA) is 27.7 Å². The van der Waals surface area contributed by atoms with E-state index in [9.17, 15) is 0 Å². The van der Waals surface area contributed by atoms with E-state index in [0.717, 1.165) is 37.9 Å². The lowest BCUT2D eigenvalue weighted by Gasteiger charge is -2.09. The maximum atomic E-state index is 5.58. The third kappa shape index (κ3) is 5.55. The molecule has 3 heteroatoms. The van der Waals surface area contributed by atoms with Crippen molar-refractivity contribution in [1.82, 2.24) is 0 Å². The molecule has 1 fully saturated rings. The Morgan fingerprint density at radius 1 is 0.579 bits per heavy atom. The fourth-order valence-corrected chi connectivity index (χ4v) is 1.55. The van der Waals surface area contributed by atoms with Crippen LogP contribution in [0.1, 0.15) is 0 Å². The predicted molar refractivity (Wildman–Crippen MR) is 74.6 cm³/mol. The maximum Gasteiger partial charge on any atom is 0.127 e. The fraction of sp³-hybridized carbons (Fsp3) is 0.250. The molecule has 2 aromatic rings. The number of rotatable bonds is 2. The minimum absolute atomic E-state index is 0.778. The Hall–Kier alpha value is -1.84. The van der Waals surface area contributed by atoms with Gasteiger partial charge in [-0.2, -0.15) is 0 Å². The van der Waals surface area contributed by atoms with Gasteiger partial charge < -0.3 is 14.2 Å². The van der Waals surface area contributed by atoms with Crippen LogP contribution in [0.15, 0.2) is 60.7 Å². The van der Waals surface area contributed by atoms with Gasteiger partial charge >= 0.3 is 0 Å². The number of ether oxygens (including phenoxy) is 3. The highest BCUT2D eigenvalue weighted by Gasteiger charge is 1.94. The van der Waals surface area contributed by atoms with E-state index in [1.165, 1.54) is 0 Å². The normalized spacial score (nSPS) is 14.1. The molecule has 0 spiro atoms. The molecule has 1 aliphatic rings. The summed E-state index contributed by atoms with van der Waals surface area (Å²) in [5.41, 5.74) is 0. The summed E-state index contributed by atoms with van der Waals surface area (Å²) in [6.45, 7) is 3.11. The fourth-order valence-electron chi connectivity index (χ4n) is 1.55. The van der Waals surface area contributed by atoms with E-state index in [4.69, 9.17) is 14.2 Å². The van der Waals surface area contributed by atoms with Crippen molar-refractivity contribution in [2.24, 2.45) is 0 Å². The van der Waals surface area contributed by atoms with Crippen LogP contribution in [0.5, 0.6) is 11.5 Å². The van der Waals surface area contributed by atoms with Crippen LogP contribution in [-0.2, 0) is 9.47 Å². The summed E-state index contributed by atoms with van der Waals surface area (Å²) in [5, 5.41) is 0. The van der Waals surface area contributed by atoms with Crippen LogP contribution in [0.2, 0.25) is 0 Å². The van der Waals surface area contributed by atoms with Gasteiger partial charge in [-0.05, 0) is 24.3 Å². The lowest BCUT2D eigenvalue weighted by Crippen LogP contribution is -2.16. The van der Waals surface area contributed by atoms with Gasteiger partial charge in [-0.1, -0.05) is 36.4 Å². The monoisotopic (exact) mass is 258 g/mol. The summed E-state index contributed by atoms with van der Waals surface area (Å²) in [5.74, 6) is 1.74. The highest BCUT2D eigenvalue weighted by Crippen LogP contribution is 2.19. The molecule has 3 nitrogen and oxygen atoms in total. The molecular formula is C16H18O3. The van der Waals surface area contributed by atoms with Gasteiger partial charge in [0.05, 0.1) is 26.4 Å². The lowest BCUT2D eigenvalue weighted by molar-refractivity contribution is -0.0334. The average molecular weight is 258 g/mol. The van der Waals surface area contributed by atoms with Crippen molar-refractivity contribution in [1.29, 1.82) is 0 Å². The molecule has 1 heterocycles. The van der Waals surface area contributed by atoms with E-state index < -0.39 is 0 Å². The first-order valence-corrected chi connectivity index (χ1v) is 6.38. The van der Waals surface area contributed by atoms with Crippen LogP contribution in [0.3, 0.4) is 0 Å². The number of benzene rings is 2. The minimum atomic E-state index is 0.778. The van der Waals surface area contributed by atoms with Crippen molar-refractivity contribution in [3.05, 3.63) is 60.7 Å². The molecule has 0 amide bonds. The van der Waals surface area contributed by atoms with Gasteiger partial charge in [-0.25, -0.2) is 0 Å². The Bertz CT molecular complexity index is 389. The number of hydrogen-bond acceptors (Lipinski definition) is 3. The maximum absolute atomic E-state index is 5.58. The van der Waals surface area contributed by atoms with E-state index in [1.807, 2.05) is 60.7 Å². The zero-order valence-corrected chi connectivity index (χ0v) is 10.8. The molecule has 3 rings (SSSR count). The van der Waals surface area contributed by atoms with Crippen molar-refractivity contribution in [3.8, 4) is 11.5 Å². The van der Waals surface area contributed by atoms with E-state index in [2.05, 4.69) is 0 Å². The summed E-state index contributed by atoms with van der Waals surface area (Å²) in [6.07, 6.45) is 0. The van der Waals surface area contributed by atoms with Crippen LogP contribution in [0.4, 0.5) is 0 Å². The molecular weight excluding hydrogens is 240 g/mol. The summed E-state index contributed by atoms with van der Waals surface area (Å²) in [7, 11) is 0. The zero-order valence-electron chi connectivity index (χ0n) is 10.8. The summed E-state index contributed by atoms with van der Waals surface area (Å²) in [4.78, 5) is 0. The Morgan fingerprint density at radius 2 is 0.947 bits per heavy atom. The Balaban J connectivity index is 0.000000186. The second kappa shape index (κ2) is 8.29. The molecule has 1 aliphatic heterocycles. The van der Waals surface area contributed by atoms with Crippen LogP contribution < -0.4 is 4.74 Å². The molecule has 1 saturated heterocycles. The van der Waals surface area contributed by atoms with Crippen molar-refractivity contribution < 1.29 is 14.2 Å². The van der Waals surface area contributed by atoms with Crippen molar-refractivity contribution >= 4 is 0 Å². The number of hydrogen-bond donors (Lipinski definition) is 0. The first-order chi connectivity index (χ1) is 9.45. The molecule has 0 N–H and O–H groups in total. The van der Waals surface area contributed by atoms with Crippen molar-refractivity contribution in [3.63, 3.8) is 0 Å². The van der Waals surface area contributed by atoms with Gasteiger partial charge in [0.2, 0.25) is 0 Å². The predicted octanol–water partition coefficient (Wildman–Crippen LogP) is 3.51. The highest BCUT2D eigenvalue weighted by atomic mass is 16.6. The summed E-state index contributed by atoms with van der Waals surface area (Å²) >= 11 is 0. The number of para-hydroxylation sites is 2. The quantitative estimate of drug-likeness (QED) is 0.825. The average Bonchev–Trinajstić information content (AvgIpc) is 2.52. The van der Waals surface area contributed by atoms with Crippen molar-refractivity contribution in [2.75, 3.05) is 26.4 Å². The first kappa shape index (κ1) is 13.6. The molecule has 0 unspecified atom stereocenters. The molecule has 0 atom stereocenters. The standard InChI is InChI=1S/C12H10O.C4H8O2/c1-3-7-11(8-4-1)13-12-9-5-2-6-10-12;1-2-6-4-3-5-1/h1-10H;1-4H2. The molecule has 19 heavy (non-hydrogen) atoms. The van der Waals surface area contributed by atoms with Gasteiger partial charge in [0.25, 0.3) is 0 Å². The van der Waals surface area contributed by atoms with Gasteiger partial charge in [-0.3, -0.25) is 0 Å². The van der Waals surface area contributed by atoms with Crippen LogP contribution in [0, 0.1) is 0 Å². The Morgan fingerprint density at radius 3 is 1.26 bits per heavy atom. The van der Waals surface area contributed by atoms with Gasteiger partial charge in [-0.15, -0.1) is 0 Å².